The van der Waals surface area contributed by atoms with Crippen molar-refractivity contribution in [2.24, 2.45) is 5.16 Å². The van der Waals surface area contributed by atoms with Crippen LogP contribution in [0.1, 0.15) is 37.7 Å². The molecule has 0 atom stereocenters. The second kappa shape index (κ2) is 6.47. The Hall–Kier alpha value is -2.24. The molecule has 0 bridgehead atoms. The van der Waals surface area contributed by atoms with E-state index in [2.05, 4.69) is 10.5 Å². The van der Waals surface area contributed by atoms with Crippen LogP contribution in [-0.4, -0.2) is 25.1 Å². The van der Waals surface area contributed by atoms with E-state index in [1.54, 1.807) is 12.1 Å². The minimum Gasteiger partial charge on any atom is -0.454 e. The van der Waals surface area contributed by atoms with Gasteiger partial charge in [0.25, 0.3) is 0 Å². The first-order chi connectivity index (χ1) is 10.3. The lowest BCUT2D eigenvalue weighted by Gasteiger charge is -2.21. The van der Waals surface area contributed by atoms with Gasteiger partial charge < -0.3 is 14.8 Å². The van der Waals surface area contributed by atoms with Crippen LogP contribution in [0.2, 0.25) is 0 Å². The molecule has 2 aliphatic rings. The number of hydrogen-bond donors (Lipinski definition) is 1. The lowest BCUT2D eigenvalue weighted by atomic mass is 9.96. The number of amides is 1. The summed E-state index contributed by atoms with van der Waals surface area (Å²) in [5, 5.41) is 6.53. The Bertz CT molecular complexity index is 538. The summed E-state index contributed by atoms with van der Waals surface area (Å²) >= 11 is 0. The molecule has 0 unspecified atom stereocenters. The fourth-order valence-electron chi connectivity index (χ4n) is 2.57. The van der Waals surface area contributed by atoms with Gasteiger partial charge in [0.1, 0.15) is 0 Å². The number of nitrogens with one attached hydrogen (secondary N) is 1. The van der Waals surface area contributed by atoms with Crippen molar-refractivity contribution < 1.29 is 19.1 Å². The number of rotatable bonds is 3. The van der Waals surface area contributed by atoms with Crippen molar-refractivity contribution in [1.82, 2.24) is 5.32 Å². The van der Waals surface area contributed by atoms with E-state index in [0.29, 0.717) is 11.5 Å². The van der Waals surface area contributed by atoms with Gasteiger partial charge in [-0.15, -0.1) is 0 Å². The summed E-state index contributed by atoms with van der Waals surface area (Å²) in [5.41, 5.74) is 0.782. The van der Waals surface area contributed by atoms with E-state index < -0.39 is 6.09 Å². The molecule has 0 radical (unpaired) electrons. The summed E-state index contributed by atoms with van der Waals surface area (Å²) in [6, 6.07) is 5.62. The Balaban J connectivity index is 1.48. The highest BCUT2D eigenvalue weighted by atomic mass is 16.7. The Morgan fingerprint density at radius 3 is 2.90 bits per heavy atom. The first kappa shape index (κ1) is 13.7. The van der Waals surface area contributed by atoms with Crippen LogP contribution in [0.25, 0.3) is 0 Å². The molecule has 1 aliphatic carbocycles. The summed E-state index contributed by atoms with van der Waals surface area (Å²) in [5.74, 6) is 1.38. The van der Waals surface area contributed by atoms with Crippen molar-refractivity contribution in [3.8, 4) is 11.5 Å². The van der Waals surface area contributed by atoms with Gasteiger partial charge in [-0.1, -0.05) is 24.4 Å². The zero-order valence-electron chi connectivity index (χ0n) is 11.7. The molecular weight excluding hydrogens is 272 g/mol. The van der Waals surface area contributed by atoms with E-state index in [4.69, 9.17) is 14.3 Å². The fraction of sp³-hybridized carbons (Fsp3) is 0.467. The average Bonchev–Trinajstić information content (AvgIpc) is 2.96. The monoisotopic (exact) mass is 290 g/mol. The van der Waals surface area contributed by atoms with Gasteiger partial charge in [0, 0.05) is 11.6 Å². The Morgan fingerprint density at radius 2 is 2.05 bits per heavy atom. The predicted octanol–water partition coefficient (Wildman–Crippen LogP) is 2.81. The highest BCUT2D eigenvalue weighted by Gasteiger charge is 2.16. The van der Waals surface area contributed by atoms with E-state index in [1.807, 2.05) is 6.07 Å². The molecule has 0 saturated heterocycles. The van der Waals surface area contributed by atoms with Crippen LogP contribution in [-0.2, 0) is 4.84 Å². The van der Waals surface area contributed by atoms with E-state index >= 15 is 0 Å². The normalized spacial score (nSPS) is 17.9. The molecule has 1 aromatic rings. The van der Waals surface area contributed by atoms with Crippen LogP contribution in [0, 0.1) is 0 Å². The van der Waals surface area contributed by atoms with Crippen molar-refractivity contribution in [2.75, 3.05) is 6.79 Å². The van der Waals surface area contributed by atoms with Gasteiger partial charge in [0.15, 0.2) is 11.5 Å². The van der Waals surface area contributed by atoms with E-state index in [0.717, 1.165) is 31.2 Å². The summed E-state index contributed by atoms with van der Waals surface area (Å²) in [7, 11) is 0. The Morgan fingerprint density at radius 1 is 1.24 bits per heavy atom. The van der Waals surface area contributed by atoms with Gasteiger partial charge in [-0.2, -0.15) is 0 Å². The van der Waals surface area contributed by atoms with Crippen LogP contribution in [0.5, 0.6) is 11.5 Å². The third-order valence-electron chi connectivity index (χ3n) is 3.66. The maximum absolute atomic E-state index is 11.6. The zero-order valence-corrected chi connectivity index (χ0v) is 11.7. The number of oxime groups is 1. The zero-order chi connectivity index (χ0) is 14.5. The SMILES string of the molecule is O=C(NC1CCCCC1)O/N=C\c1ccc2c(c1)OCO2. The molecule has 3 rings (SSSR count). The highest BCUT2D eigenvalue weighted by molar-refractivity contribution is 5.81. The molecule has 1 saturated carbocycles. The molecule has 0 spiro atoms. The van der Waals surface area contributed by atoms with Crippen LogP contribution >= 0.6 is 0 Å². The van der Waals surface area contributed by atoms with Crippen LogP contribution in [0.3, 0.4) is 0 Å². The largest absolute Gasteiger partial charge is 0.454 e. The summed E-state index contributed by atoms with van der Waals surface area (Å²) in [6.45, 7) is 0.232. The quantitative estimate of drug-likeness (QED) is 0.528. The van der Waals surface area contributed by atoms with Crippen LogP contribution in [0.15, 0.2) is 23.4 Å². The molecule has 1 N–H and O–H groups in total. The molecule has 112 valence electrons. The highest BCUT2D eigenvalue weighted by Crippen LogP contribution is 2.31. The second-order valence-electron chi connectivity index (χ2n) is 5.21. The van der Waals surface area contributed by atoms with E-state index in [9.17, 15) is 4.79 Å². The van der Waals surface area contributed by atoms with Crippen molar-refractivity contribution in [3.05, 3.63) is 23.8 Å². The maximum Gasteiger partial charge on any atom is 0.433 e. The molecule has 1 aromatic carbocycles. The second-order valence-corrected chi connectivity index (χ2v) is 5.21. The summed E-state index contributed by atoms with van der Waals surface area (Å²) in [6.07, 6.45) is 6.57. The fourth-order valence-corrected chi connectivity index (χ4v) is 2.57. The van der Waals surface area contributed by atoms with Crippen molar-refractivity contribution >= 4 is 12.3 Å². The molecule has 1 aliphatic heterocycles. The van der Waals surface area contributed by atoms with Gasteiger partial charge >= 0.3 is 6.09 Å². The molecular formula is C15H18N2O4. The Labute approximate surface area is 123 Å². The molecule has 1 heterocycles. The van der Waals surface area contributed by atoms with Crippen LogP contribution < -0.4 is 14.8 Å². The maximum atomic E-state index is 11.6. The Kier molecular flexibility index (Phi) is 4.23. The molecule has 0 aromatic heterocycles. The number of nitrogens with zero attached hydrogens (tertiary/aromatic N) is 1. The number of ether oxygens (including phenoxy) is 2. The number of fused-ring (bicyclic) bond motifs is 1. The molecule has 21 heavy (non-hydrogen) atoms. The molecule has 6 nitrogen and oxygen atoms in total. The minimum atomic E-state index is -0.501. The average molecular weight is 290 g/mol. The summed E-state index contributed by atoms with van der Waals surface area (Å²) in [4.78, 5) is 16.4. The van der Waals surface area contributed by atoms with E-state index in [1.165, 1.54) is 12.6 Å². The number of carbonyl (C=O) groups is 1. The molecule has 1 fully saturated rings. The third kappa shape index (κ3) is 3.65. The summed E-state index contributed by atoms with van der Waals surface area (Å²) < 4.78 is 10.5. The number of benzene rings is 1. The molecule has 6 heteroatoms. The van der Waals surface area contributed by atoms with Crippen molar-refractivity contribution in [3.63, 3.8) is 0 Å². The van der Waals surface area contributed by atoms with Crippen molar-refractivity contribution in [1.29, 1.82) is 0 Å². The van der Waals surface area contributed by atoms with Gasteiger partial charge in [-0.05, 0) is 31.0 Å². The van der Waals surface area contributed by atoms with Gasteiger partial charge in [-0.25, -0.2) is 4.79 Å². The van der Waals surface area contributed by atoms with Gasteiger partial charge in [0.2, 0.25) is 6.79 Å². The van der Waals surface area contributed by atoms with Gasteiger partial charge in [-0.3, -0.25) is 4.84 Å². The third-order valence-corrected chi connectivity index (χ3v) is 3.66. The van der Waals surface area contributed by atoms with E-state index in [-0.39, 0.29) is 12.8 Å². The molecule has 1 amide bonds. The van der Waals surface area contributed by atoms with Crippen molar-refractivity contribution in [2.45, 2.75) is 38.1 Å². The van der Waals surface area contributed by atoms with Gasteiger partial charge in [0.05, 0.1) is 6.21 Å². The standard InChI is InChI=1S/C15H18N2O4/c18-15(17-12-4-2-1-3-5-12)21-16-9-11-6-7-13-14(8-11)20-10-19-13/h6-9,12H,1-5,10H2,(H,17,18)/b16-9-. The first-order valence-electron chi connectivity index (χ1n) is 7.22. The smallest absolute Gasteiger partial charge is 0.433 e. The topological polar surface area (TPSA) is 69.2 Å². The van der Waals surface area contributed by atoms with Crippen LogP contribution in [0.4, 0.5) is 4.79 Å². The predicted molar refractivity (Wildman–Crippen MR) is 76.6 cm³/mol. The lowest BCUT2D eigenvalue weighted by Crippen LogP contribution is -2.35. The number of carbonyl (C=O) groups excluding carboxylic acids is 1. The number of hydrogen-bond acceptors (Lipinski definition) is 5. The minimum absolute atomic E-state index is 0.215. The first-order valence-corrected chi connectivity index (χ1v) is 7.22. The lowest BCUT2D eigenvalue weighted by molar-refractivity contribution is 0.144.